The van der Waals surface area contributed by atoms with Gasteiger partial charge in [0.2, 0.25) is 0 Å². The molecule has 4 nitrogen and oxygen atoms in total. The second-order valence-electron chi connectivity index (χ2n) is 6.35. The number of carbonyl (C=O) groups is 1. The molecular weight excluding hydrogens is 337 g/mol. The topological polar surface area (TPSA) is 57.8 Å². The molecule has 2 aromatic heterocycles. The molecule has 2 aromatic carbocycles. The van der Waals surface area contributed by atoms with E-state index in [0.29, 0.717) is 5.52 Å². The second-order valence-corrected chi connectivity index (χ2v) is 7.43. The number of fused-ring (bicyclic) bond motifs is 2. The molecule has 1 saturated carbocycles. The minimum Gasteiger partial charge on any atom is -0.349 e. The number of nitrogens with zero attached hydrogens (tertiary/aromatic N) is 1. The highest BCUT2D eigenvalue weighted by atomic mass is 32.1. The summed E-state index contributed by atoms with van der Waals surface area (Å²) < 4.78 is 15.5. The third-order valence-corrected chi connectivity index (χ3v) is 5.59. The SMILES string of the molecule is O=C(NC1CC1)c1cc2c(-c3cc4ccccc4s3)n[nH]c2cc1F. The zero-order valence-corrected chi connectivity index (χ0v) is 14.0. The van der Waals surface area contributed by atoms with Gasteiger partial charge in [-0.25, -0.2) is 4.39 Å². The van der Waals surface area contributed by atoms with Gasteiger partial charge < -0.3 is 5.32 Å². The molecule has 0 atom stereocenters. The van der Waals surface area contributed by atoms with E-state index in [0.717, 1.165) is 34.2 Å². The summed E-state index contributed by atoms with van der Waals surface area (Å²) in [5.41, 5.74) is 1.41. The molecule has 25 heavy (non-hydrogen) atoms. The number of amides is 1. The van der Waals surface area contributed by atoms with Crippen molar-refractivity contribution in [1.82, 2.24) is 15.5 Å². The first-order valence-corrected chi connectivity index (χ1v) is 8.98. The largest absolute Gasteiger partial charge is 0.349 e. The molecule has 4 aromatic rings. The number of thiophene rings is 1. The molecule has 2 N–H and O–H groups in total. The van der Waals surface area contributed by atoms with Gasteiger partial charge in [-0.15, -0.1) is 11.3 Å². The first-order valence-electron chi connectivity index (χ1n) is 8.16. The molecule has 0 radical (unpaired) electrons. The smallest absolute Gasteiger partial charge is 0.254 e. The van der Waals surface area contributed by atoms with Crippen LogP contribution in [-0.4, -0.2) is 22.1 Å². The van der Waals surface area contributed by atoms with Gasteiger partial charge in [0, 0.05) is 22.2 Å². The van der Waals surface area contributed by atoms with Gasteiger partial charge in [0.1, 0.15) is 11.5 Å². The van der Waals surface area contributed by atoms with Crippen LogP contribution in [0.4, 0.5) is 4.39 Å². The third-order valence-electron chi connectivity index (χ3n) is 4.47. The Morgan fingerprint density at radius 2 is 2.08 bits per heavy atom. The summed E-state index contributed by atoms with van der Waals surface area (Å²) in [7, 11) is 0. The standard InChI is InChI=1S/C19H14FN3OS/c20-14-9-15-13(8-12(14)19(24)21-11-5-6-11)18(23-22-15)17-7-10-3-1-2-4-16(10)25-17/h1-4,7-9,11H,5-6H2,(H,21,24)(H,22,23). The fraction of sp³-hybridized carbons (Fsp3) is 0.158. The molecule has 0 aliphatic heterocycles. The minimum atomic E-state index is -0.530. The second kappa shape index (κ2) is 5.39. The first-order chi connectivity index (χ1) is 12.2. The van der Waals surface area contributed by atoms with Gasteiger partial charge in [0.15, 0.2) is 0 Å². The highest BCUT2D eigenvalue weighted by Crippen LogP contribution is 2.36. The molecule has 2 heterocycles. The predicted molar refractivity (Wildman–Crippen MR) is 97.4 cm³/mol. The van der Waals surface area contributed by atoms with E-state index in [-0.39, 0.29) is 17.5 Å². The Kier molecular flexibility index (Phi) is 3.15. The van der Waals surface area contributed by atoms with Gasteiger partial charge in [-0.3, -0.25) is 9.89 Å². The van der Waals surface area contributed by atoms with Crippen LogP contribution in [-0.2, 0) is 0 Å². The number of halogens is 1. The maximum Gasteiger partial charge on any atom is 0.254 e. The summed E-state index contributed by atoms with van der Waals surface area (Å²) in [4.78, 5) is 13.3. The van der Waals surface area contributed by atoms with Gasteiger partial charge in [0.25, 0.3) is 5.91 Å². The Hall–Kier alpha value is -2.73. The number of aromatic amines is 1. The summed E-state index contributed by atoms with van der Waals surface area (Å²) in [6, 6.07) is 13.3. The van der Waals surface area contributed by atoms with Gasteiger partial charge >= 0.3 is 0 Å². The van der Waals surface area contributed by atoms with Crippen molar-refractivity contribution in [2.24, 2.45) is 0 Å². The summed E-state index contributed by atoms with van der Waals surface area (Å²) in [6.07, 6.45) is 1.93. The van der Waals surface area contributed by atoms with Crippen molar-refractivity contribution < 1.29 is 9.18 Å². The Bertz CT molecular complexity index is 1090. The van der Waals surface area contributed by atoms with E-state index in [9.17, 15) is 9.18 Å². The van der Waals surface area contributed by atoms with E-state index >= 15 is 0 Å². The maximum absolute atomic E-state index is 14.3. The Labute approximate surface area is 146 Å². The highest BCUT2D eigenvalue weighted by Gasteiger charge is 2.26. The number of benzene rings is 2. The maximum atomic E-state index is 14.3. The molecule has 5 rings (SSSR count). The summed E-state index contributed by atoms with van der Waals surface area (Å²) in [5, 5.41) is 12.0. The van der Waals surface area contributed by atoms with Gasteiger partial charge in [-0.05, 0) is 36.4 Å². The number of nitrogens with one attached hydrogen (secondary N) is 2. The molecule has 0 unspecified atom stereocenters. The molecule has 1 aliphatic rings. The van der Waals surface area contributed by atoms with Crippen LogP contribution in [0.25, 0.3) is 31.6 Å². The van der Waals surface area contributed by atoms with Crippen LogP contribution >= 0.6 is 11.3 Å². The summed E-state index contributed by atoms with van der Waals surface area (Å²) in [5.74, 6) is -0.886. The lowest BCUT2D eigenvalue weighted by molar-refractivity contribution is 0.0947. The fourth-order valence-corrected chi connectivity index (χ4v) is 4.06. The first kappa shape index (κ1) is 14.6. The lowest BCUT2D eigenvalue weighted by Crippen LogP contribution is -2.26. The molecule has 0 saturated heterocycles. The lowest BCUT2D eigenvalue weighted by atomic mass is 10.1. The number of hydrogen-bond acceptors (Lipinski definition) is 3. The molecule has 1 fully saturated rings. The van der Waals surface area contributed by atoms with Crippen LogP contribution < -0.4 is 5.32 Å². The molecule has 1 aliphatic carbocycles. The molecular formula is C19H14FN3OS. The quantitative estimate of drug-likeness (QED) is 0.572. The van der Waals surface area contributed by atoms with Crippen molar-refractivity contribution in [2.45, 2.75) is 18.9 Å². The summed E-state index contributed by atoms with van der Waals surface area (Å²) >= 11 is 1.63. The van der Waals surface area contributed by atoms with E-state index in [1.807, 2.05) is 12.1 Å². The number of aromatic nitrogens is 2. The Morgan fingerprint density at radius 1 is 1.24 bits per heavy atom. The molecule has 0 spiro atoms. The minimum absolute atomic E-state index is 0.0724. The third kappa shape index (κ3) is 2.49. The van der Waals surface area contributed by atoms with Crippen LogP contribution in [0.3, 0.4) is 0 Å². The predicted octanol–water partition coefficient (Wildman–Crippen LogP) is 4.48. The molecule has 124 valence electrons. The van der Waals surface area contributed by atoms with Crippen molar-refractivity contribution in [1.29, 1.82) is 0 Å². The highest BCUT2D eigenvalue weighted by molar-refractivity contribution is 7.22. The van der Waals surface area contributed by atoms with Crippen LogP contribution in [0.5, 0.6) is 0 Å². The molecule has 0 bridgehead atoms. The van der Waals surface area contributed by atoms with Crippen molar-refractivity contribution in [3.8, 4) is 10.6 Å². The number of carbonyl (C=O) groups excluding carboxylic acids is 1. The zero-order valence-electron chi connectivity index (χ0n) is 13.2. The van der Waals surface area contributed by atoms with Crippen molar-refractivity contribution >= 4 is 38.2 Å². The fourth-order valence-electron chi connectivity index (χ4n) is 2.99. The van der Waals surface area contributed by atoms with Gasteiger partial charge in [-0.2, -0.15) is 5.10 Å². The zero-order chi connectivity index (χ0) is 17.0. The van der Waals surface area contributed by atoms with Crippen LogP contribution in [0.1, 0.15) is 23.2 Å². The van der Waals surface area contributed by atoms with E-state index in [1.165, 1.54) is 10.8 Å². The number of hydrogen-bond donors (Lipinski definition) is 2. The van der Waals surface area contributed by atoms with E-state index in [1.54, 1.807) is 17.4 Å². The van der Waals surface area contributed by atoms with Crippen molar-refractivity contribution in [2.75, 3.05) is 0 Å². The normalized spacial score (nSPS) is 14.3. The summed E-state index contributed by atoms with van der Waals surface area (Å²) in [6.45, 7) is 0. The van der Waals surface area contributed by atoms with E-state index < -0.39 is 5.82 Å². The molecule has 6 heteroatoms. The van der Waals surface area contributed by atoms with Crippen molar-refractivity contribution in [3.05, 3.63) is 53.8 Å². The Balaban J connectivity index is 1.64. The van der Waals surface area contributed by atoms with Crippen LogP contribution in [0.2, 0.25) is 0 Å². The number of rotatable bonds is 3. The van der Waals surface area contributed by atoms with E-state index in [2.05, 4.69) is 33.7 Å². The average molecular weight is 351 g/mol. The van der Waals surface area contributed by atoms with Crippen LogP contribution in [0, 0.1) is 5.82 Å². The molecule has 1 amide bonds. The number of H-pyrrole nitrogens is 1. The van der Waals surface area contributed by atoms with E-state index in [4.69, 9.17) is 0 Å². The van der Waals surface area contributed by atoms with Gasteiger partial charge in [0.05, 0.1) is 16.0 Å². The Morgan fingerprint density at radius 3 is 2.88 bits per heavy atom. The van der Waals surface area contributed by atoms with Gasteiger partial charge in [-0.1, -0.05) is 18.2 Å². The average Bonchev–Trinajstić information content (AvgIpc) is 3.17. The lowest BCUT2D eigenvalue weighted by Gasteiger charge is -2.05. The van der Waals surface area contributed by atoms with Crippen LogP contribution in [0.15, 0.2) is 42.5 Å². The van der Waals surface area contributed by atoms with Crippen molar-refractivity contribution in [3.63, 3.8) is 0 Å². The monoisotopic (exact) mass is 351 g/mol.